The average Bonchev–Trinajstić information content (AvgIpc) is 3.16. The van der Waals surface area contributed by atoms with Crippen LogP contribution in [0.3, 0.4) is 0 Å². The molecule has 7 heteroatoms. The summed E-state index contributed by atoms with van der Waals surface area (Å²) in [4.78, 5) is 19.8. The molecule has 0 unspecified atom stereocenters. The van der Waals surface area contributed by atoms with Gasteiger partial charge in [0.1, 0.15) is 5.69 Å². The van der Waals surface area contributed by atoms with Crippen molar-refractivity contribution in [2.45, 2.75) is 30.6 Å². The number of amides is 1. The first-order chi connectivity index (χ1) is 10.5. The molecular weight excluding hydrogens is 302 g/mol. The summed E-state index contributed by atoms with van der Waals surface area (Å²) in [7, 11) is -3.22. The maximum atomic E-state index is 12.4. The lowest BCUT2D eigenvalue weighted by Crippen LogP contribution is -2.14. The minimum absolute atomic E-state index is 0.0764. The van der Waals surface area contributed by atoms with Crippen molar-refractivity contribution in [1.82, 2.24) is 9.97 Å². The third-order valence-electron chi connectivity index (χ3n) is 4.31. The Morgan fingerprint density at radius 1 is 1.27 bits per heavy atom. The number of fused-ring (bicyclic) bond motifs is 2. The van der Waals surface area contributed by atoms with Crippen molar-refractivity contribution in [3.05, 3.63) is 41.0 Å². The van der Waals surface area contributed by atoms with Crippen LogP contribution in [0.1, 0.15) is 33.7 Å². The Bertz CT molecular complexity index is 883. The molecule has 0 spiro atoms. The molecule has 0 fully saturated rings. The van der Waals surface area contributed by atoms with Crippen LogP contribution in [0, 0.1) is 0 Å². The van der Waals surface area contributed by atoms with E-state index in [1.165, 1.54) is 11.8 Å². The molecule has 6 nitrogen and oxygen atoms in total. The van der Waals surface area contributed by atoms with Gasteiger partial charge in [-0.3, -0.25) is 9.78 Å². The highest BCUT2D eigenvalue weighted by Gasteiger charge is 2.32. The lowest BCUT2D eigenvalue weighted by Gasteiger charge is -2.07. The first-order valence-corrected chi connectivity index (χ1v) is 8.92. The van der Waals surface area contributed by atoms with Crippen LogP contribution >= 0.6 is 0 Å². The van der Waals surface area contributed by atoms with E-state index in [-0.39, 0.29) is 16.6 Å². The number of aromatic amines is 1. The zero-order chi connectivity index (χ0) is 15.3. The zero-order valence-electron chi connectivity index (χ0n) is 11.8. The standard InChI is InChI=1S/C15H15N3O3S/c19-15(14-11-4-5-22(20,21)13(11)8-17-14)18-10-6-9-2-1-3-12(9)16-7-10/h6-8,17H,1-5H2,(H,18,19). The van der Waals surface area contributed by atoms with Gasteiger partial charge in [0.25, 0.3) is 5.91 Å². The molecule has 1 aliphatic heterocycles. The number of pyridine rings is 1. The normalized spacial score (nSPS) is 18.0. The van der Waals surface area contributed by atoms with Crippen LogP contribution in [0.2, 0.25) is 0 Å². The van der Waals surface area contributed by atoms with Crippen molar-refractivity contribution in [3.8, 4) is 0 Å². The van der Waals surface area contributed by atoms with Gasteiger partial charge in [-0.2, -0.15) is 0 Å². The number of hydrogen-bond donors (Lipinski definition) is 2. The Hall–Kier alpha value is -2.15. The molecule has 114 valence electrons. The molecule has 4 rings (SSSR count). The second-order valence-corrected chi connectivity index (χ2v) is 7.79. The molecule has 0 aromatic carbocycles. The van der Waals surface area contributed by atoms with Gasteiger partial charge in [0, 0.05) is 17.5 Å². The summed E-state index contributed by atoms with van der Waals surface area (Å²) in [5.74, 6) is -0.245. The van der Waals surface area contributed by atoms with Crippen molar-refractivity contribution in [1.29, 1.82) is 0 Å². The van der Waals surface area contributed by atoms with Gasteiger partial charge >= 0.3 is 0 Å². The monoisotopic (exact) mass is 317 g/mol. The molecule has 22 heavy (non-hydrogen) atoms. The van der Waals surface area contributed by atoms with Crippen LogP contribution < -0.4 is 5.32 Å². The van der Waals surface area contributed by atoms with Crippen molar-refractivity contribution >= 4 is 21.4 Å². The molecule has 3 heterocycles. The molecule has 0 atom stereocenters. The third kappa shape index (κ3) is 2.04. The summed E-state index contributed by atoms with van der Waals surface area (Å²) in [6.07, 6.45) is 6.53. The first kappa shape index (κ1) is 13.5. The largest absolute Gasteiger partial charge is 0.356 e. The van der Waals surface area contributed by atoms with E-state index in [2.05, 4.69) is 15.3 Å². The fourth-order valence-corrected chi connectivity index (χ4v) is 4.71. The zero-order valence-corrected chi connectivity index (χ0v) is 12.7. The Morgan fingerprint density at radius 3 is 3.00 bits per heavy atom. The fraction of sp³-hybridized carbons (Fsp3) is 0.333. The van der Waals surface area contributed by atoms with Gasteiger partial charge in [0.2, 0.25) is 0 Å². The fourth-order valence-electron chi connectivity index (χ4n) is 3.20. The van der Waals surface area contributed by atoms with Gasteiger partial charge in [-0.1, -0.05) is 0 Å². The number of anilines is 1. The van der Waals surface area contributed by atoms with Gasteiger partial charge in [0.15, 0.2) is 9.84 Å². The molecule has 2 aliphatic rings. The van der Waals surface area contributed by atoms with Crippen LogP contribution in [-0.4, -0.2) is 30.0 Å². The highest BCUT2D eigenvalue weighted by atomic mass is 32.2. The van der Waals surface area contributed by atoms with Crippen LogP contribution in [-0.2, 0) is 29.1 Å². The first-order valence-electron chi connectivity index (χ1n) is 7.27. The van der Waals surface area contributed by atoms with E-state index < -0.39 is 9.84 Å². The van der Waals surface area contributed by atoms with E-state index in [1.54, 1.807) is 6.20 Å². The van der Waals surface area contributed by atoms with E-state index in [0.717, 1.165) is 25.0 Å². The minimum atomic E-state index is -3.22. The second-order valence-electron chi connectivity index (χ2n) is 5.71. The van der Waals surface area contributed by atoms with Gasteiger partial charge in [-0.25, -0.2) is 8.42 Å². The SMILES string of the molecule is O=C(Nc1cnc2c(c1)CCC2)c1[nH]cc2c1CCS2(=O)=O. The molecule has 0 saturated carbocycles. The number of carbonyl (C=O) groups excluding carboxylic acids is 1. The van der Waals surface area contributed by atoms with Gasteiger partial charge < -0.3 is 10.3 Å². The van der Waals surface area contributed by atoms with E-state index >= 15 is 0 Å². The molecule has 1 amide bonds. The van der Waals surface area contributed by atoms with Crippen molar-refractivity contribution in [2.75, 3.05) is 11.1 Å². The topological polar surface area (TPSA) is 91.9 Å². The molecular formula is C15H15N3O3S. The molecule has 2 aromatic rings. The van der Waals surface area contributed by atoms with E-state index in [1.807, 2.05) is 6.07 Å². The van der Waals surface area contributed by atoms with Crippen molar-refractivity contribution < 1.29 is 13.2 Å². The predicted molar refractivity (Wildman–Crippen MR) is 80.8 cm³/mol. The molecule has 0 saturated heterocycles. The van der Waals surface area contributed by atoms with Gasteiger partial charge in [0.05, 0.1) is 22.5 Å². The van der Waals surface area contributed by atoms with Crippen LogP contribution in [0.4, 0.5) is 5.69 Å². The van der Waals surface area contributed by atoms with Crippen molar-refractivity contribution in [2.24, 2.45) is 0 Å². The van der Waals surface area contributed by atoms with E-state index in [0.29, 0.717) is 23.4 Å². The number of nitrogens with zero attached hydrogens (tertiary/aromatic N) is 1. The van der Waals surface area contributed by atoms with E-state index in [4.69, 9.17) is 0 Å². The molecule has 2 N–H and O–H groups in total. The number of H-pyrrole nitrogens is 1. The summed E-state index contributed by atoms with van der Waals surface area (Å²) in [5.41, 5.74) is 3.85. The molecule has 0 radical (unpaired) electrons. The minimum Gasteiger partial charge on any atom is -0.356 e. The number of aryl methyl sites for hydroxylation is 2. The molecule has 1 aliphatic carbocycles. The van der Waals surface area contributed by atoms with Gasteiger partial charge in [-0.05, 0) is 37.3 Å². The molecule has 2 aromatic heterocycles. The number of rotatable bonds is 2. The Balaban J connectivity index is 1.61. The van der Waals surface area contributed by atoms with Crippen LogP contribution in [0.25, 0.3) is 0 Å². The summed E-state index contributed by atoms with van der Waals surface area (Å²) >= 11 is 0. The molecule has 0 bridgehead atoms. The number of nitrogens with one attached hydrogen (secondary N) is 2. The van der Waals surface area contributed by atoms with Crippen molar-refractivity contribution in [3.63, 3.8) is 0 Å². The number of hydrogen-bond acceptors (Lipinski definition) is 4. The van der Waals surface area contributed by atoms with E-state index in [9.17, 15) is 13.2 Å². The number of carbonyl (C=O) groups is 1. The lowest BCUT2D eigenvalue weighted by atomic mass is 10.2. The Morgan fingerprint density at radius 2 is 2.14 bits per heavy atom. The summed E-state index contributed by atoms with van der Waals surface area (Å²) in [6, 6.07) is 1.95. The quantitative estimate of drug-likeness (QED) is 0.877. The summed E-state index contributed by atoms with van der Waals surface area (Å²) in [6.45, 7) is 0. The van der Waals surface area contributed by atoms with Crippen LogP contribution in [0.15, 0.2) is 23.4 Å². The highest BCUT2D eigenvalue weighted by molar-refractivity contribution is 7.91. The summed E-state index contributed by atoms with van der Waals surface area (Å²) < 4.78 is 23.6. The predicted octanol–water partition coefficient (Wildman–Crippen LogP) is 1.48. The average molecular weight is 317 g/mol. The lowest BCUT2D eigenvalue weighted by molar-refractivity contribution is 0.102. The third-order valence-corrected chi connectivity index (χ3v) is 6.08. The van der Waals surface area contributed by atoms with Gasteiger partial charge in [-0.15, -0.1) is 0 Å². The van der Waals surface area contributed by atoms with Crippen LogP contribution in [0.5, 0.6) is 0 Å². The second kappa shape index (κ2) is 4.67. The number of sulfone groups is 1. The maximum Gasteiger partial charge on any atom is 0.272 e. The smallest absolute Gasteiger partial charge is 0.272 e. The summed E-state index contributed by atoms with van der Waals surface area (Å²) in [5, 5.41) is 2.80. The highest BCUT2D eigenvalue weighted by Crippen LogP contribution is 2.29. The Kier molecular flexibility index (Phi) is 2.87. The number of aromatic nitrogens is 2. The Labute approximate surface area is 127 Å². The maximum absolute atomic E-state index is 12.4.